The Labute approximate surface area is 283 Å². The van der Waals surface area contributed by atoms with E-state index in [0.29, 0.717) is 117 Å². The first-order valence-electron chi connectivity index (χ1n) is 16.7. The molecule has 2 aliphatic heterocycles. The van der Waals surface area contributed by atoms with Gasteiger partial charge in [0.1, 0.15) is 5.60 Å². The molecule has 0 aromatic rings. The summed E-state index contributed by atoms with van der Waals surface area (Å²) in [6.45, 7) is 12.7. The van der Waals surface area contributed by atoms with E-state index in [1.54, 1.807) is 0 Å². The Morgan fingerprint density at radius 2 is 1.17 bits per heavy atom. The SMILES string of the molecule is CC(C)(C)OC(=O)NCCOCCOCCOCCOCCOCCOCCOCCNC(=O)CCCC[C@@H]1SC[C@@H]2NC(=O)N[C@@H]21. The quantitative estimate of drug-likeness (QED) is 0.0657. The van der Waals surface area contributed by atoms with Crippen LogP contribution in [0.2, 0.25) is 0 Å². The molecule has 47 heavy (non-hydrogen) atoms. The maximum absolute atomic E-state index is 12.0. The molecule has 0 spiro atoms. The van der Waals surface area contributed by atoms with Crippen LogP contribution in [-0.4, -0.2) is 152 Å². The van der Waals surface area contributed by atoms with Crippen molar-refractivity contribution < 1.29 is 52.3 Å². The van der Waals surface area contributed by atoms with Gasteiger partial charge in [0.15, 0.2) is 0 Å². The molecule has 0 radical (unpaired) electrons. The predicted molar refractivity (Wildman–Crippen MR) is 177 cm³/mol. The predicted octanol–water partition coefficient (Wildman–Crippen LogP) is 1.47. The zero-order valence-corrected chi connectivity index (χ0v) is 29.3. The largest absolute Gasteiger partial charge is 0.444 e. The lowest BCUT2D eigenvalue weighted by Crippen LogP contribution is -2.36. The van der Waals surface area contributed by atoms with Crippen molar-refractivity contribution in [1.29, 1.82) is 0 Å². The number of hydrogen-bond acceptors (Lipinski definition) is 12. The summed E-state index contributed by atoms with van der Waals surface area (Å²) in [5.74, 6) is 0.999. The summed E-state index contributed by atoms with van der Waals surface area (Å²) in [4.78, 5) is 35.0. The van der Waals surface area contributed by atoms with Crippen LogP contribution in [0, 0.1) is 0 Å². The van der Waals surface area contributed by atoms with E-state index in [2.05, 4.69) is 21.3 Å². The third-order valence-corrected chi connectivity index (χ3v) is 8.30. The Bertz CT molecular complexity index is 853. The lowest BCUT2D eigenvalue weighted by Gasteiger charge is -2.19. The van der Waals surface area contributed by atoms with Crippen LogP contribution in [0.1, 0.15) is 46.5 Å². The van der Waals surface area contributed by atoms with Gasteiger partial charge in [0, 0.05) is 30.5 Å². The molecule has 4 N–H and O–H groups in total. The average molecular weight is 695 g/mol. The summed E-state index contributed by atoms with van der Waals surface area (Å²) < 4.78 is 43.3. The number of ether oxygens (including phenoxy) is 8. The molecular weight excluding hydrogens is 636 g/mol. The third-order valence-electron chi connectivity index (χ3n) is 6.80. The fourth-order valence-corrected chi connectivity index (χ4v) is 6.13. The molecule has 0 bridgehead atoms. The molecule has 3 atom stereocenters. The van der Waals surface area contributed by atoms with Crippen molar-refractivity contribution in [3.05, 3.63) is 0 Å². The molecule has 4 amide bonds. The van der Waals surface area contributed by atoms with Gasteiger partial charge in [-0.1, -0.05) is 6.42 Å². The lowest BCUT2D eigenvalue weighted by molar-refractivity contribution is -0.121. The van der Waals surface area contributed by atoms with Crippen LogP contribution in [0.5, 0.6) is 0 Å². The maximum Gasteiger partial charge on any atom is 0.407 e. The average Bonchev–Trinajstić information content (AvgIpc) is 3.57. The van der Waals surface area contributed by atoms with E-state index in [1.807, 2.05) is 32.5 Å². The number of carbonyl (C=O) groups is 3. The van der Waals surface area contributed by atoms with Crippen LogP contribution < -0.4 is 21.3 Å². The number of rotatable bonds is 29. The van der Waals surface area contributed by atoms with Crippen LogP contribution in [0.25, 0.3) is 0 Å². The molecule has 2 rings (SSSR count). The van der Waals surface area contributed by atoms with Crippen LogP contribution in [-0.2, 0) is 42.7 Å². The first kappa shape index (κ1) is 41.3. The minimum absolute atomic E-state index is 0.0407. The van der Waals surface area contributed by atoms with E-state index < -0.39 is 11.7 Å². The van der Waals surface area contributed by atoms with Crippen molar-refractivity contribution in [2.75, 3.05) is 111 Å². The molecule has 2 saturated heterocycles. The monoisotopic (exact) mass is 694 g/mol. The number of fused-ring (bicyclic) bond motifs is 1. The van der Waals surface area contributed by atoms with E-state index in [4.69, 9.17) is 37.9 Å². The smallest absolute Gasteiger partial charge is 0.407 e. The van der Waals surface area contributed by atoms with Crippen molar-refractivity contribution in [1.82, 2.24) is 21.3 Å². The number of alkyl carbamates (subject to hydrolysis) is 1. The Balaban J connectivity index is 1.19. The van der Waals surface area contributed by atoms with Gasteiger partial charge in [-0.25, -0.2) is 9.59 Å². The standard InChI is InChI=1S/C31H58N4O11S/c1-31(2,3)46-30(38)33-9-11-40-13-15-42-17-19-44-21-23-45-22-20-43-18-16-41-14-12-39-10-8-32-27(36)7-5-4-6-26-28-25(24-47-26)34-29(37)35-28/h25-26,28H,4-24H2,1-3H3,(H,32,36)(H,33,38)(H2,34,35,37)/t25-,26-,28-/m0/s1. The van der Waals surface area contributed by atoms with E-state index in [9.17, 15) is 14.4 Å². The van der Waals surface area contributed by atoms with Crippen molar-refractivity contribution >= 4 is 29.8 Å². The number of nitrogens with one attached hydrogen (secondary N) is 4. The molecule has 2 aliphatic rings. The summed E-state index contributed by atoms with van der Waals surface area (Å²) in [6, 6.07) is 0.405. The Hall–Kier alpha value is -1.92. The summed E-state index contributed by atoms with van der Waals surface area (Å²) in [7, 11) is 0. The highest BCUT2D eigenvalue weighted by Crippen LogP contribution is 2.33. The van der Waals surface area contributed by atoms with Crippen LogP contribution >= 0.6 is 11.8 Å². The highest BCUT2D eigenvalue weighted by atomic mass is 32.2. The zero-order valence-electron chi connectivity index (χ0n) is 28.5. The normalized spacial score (nSPS) is 18.9. The number of urea groups is 1. The fourth-order valence-electron chi connectivity index (χ4n) is 4.59. The van der Waals surface area contributed by atoms with Crippen molar-refractivity contribution in [2.45, 2.75) is 69.4 Å². The maximum atomic E-state index is 12.0. The van der Waals surface area contributed by atoms with Gasteiger partial charge in [-0.15, -0.1) is 0 Å². The third kappa shape index (κ3) is 22.4. The molecular formula is C31H58N4O11S. The van der Waals surface area contributed by atoms with Crippen LogP contribution in [0.15, 0.2) is 0 Å². The van der Waals surface area contributed by atoms with Gasteiger partial charge < -0.3 is 59.2 Å². The number of unbranched alkanes of at least 4 members (excludes halogenated alkanes) is 1. The Morgan fingerprint density at radius 3 is 1.66 bits per heavy atom. The molecule has 0 aromatic heterocycles. The first-order chi connectivity index (χ1) is 22.7. The topological polar surface area (TPSA) is 173 Å². The zero-order chi connectivity index (χ0) is 34.0. The van der Waals surface area contributed by atoms with E-state index in [-0.39, 0.29) is 24.0 Å². The van der Waals surface area contributed by atoms with Gasteiger partial charge in [0.25, 0.3) is 0 Å². The summed E-state index contributed by atoms with van der Waals surface area (Å²) in [5.41, 5.74) is -0.515. The van der Waals surface area contributed by atoms with Crippen molar-refractivity contribution in [3.63, 3.8) is 0 Å². The summed E-state index contributed by atoms with van der Waals surface area (Å²) in [6.07, 6.45) is 2.88. The summed E-state index contributed by atoms with van der Waals surface area (Å²) >= 11 is 1.90. The van der Waals surface area contributed by atoms with Gasteiger partial charge >= 0.3 is 12.1 Å². The molecule has 274 valence electrons. The number of hydrogen-bond donors (Lipinski definition) is 4. The van der Waals surface area contributed by atoms with Crippen LogP contribution in [0.4, 0.5) is 9.59 Å². The van der Waals surface area contributed by atoms with Crippen LogP contribution in [0.3, 0.4) is 0 Å². The highest BCUT2D eigenvalue weighted by molar-refractivity contribution is 8.00. The first-order valence-corrected chi connectivity index (χ1v) is 17.8. The van der Waals surface area contributed by atoms with Gasteiger partial charge in [-0.05, 0) is 33.6 Å². The molecule has 0 aliphatic carbocycles. The molecule has 2 fully saturated rings. The van der Waals surface area contributed by atoms with Gasteiger partial charge in [-0.3, -0.25) is 4.79 Å². The minimum Gasteiger partial charge on any atom is -0.444 e. The Morgan fingerprint density at radius 1 is 0.702 bits per heavy atom. The molecule has 15 nitrogen and oxygen atoms in total. The molecule has 0 unspecified atom stereocenters. The molecule has 16 heteroatoms. The van der Waals surface area contributed by atoms with Gasteiger partial charge in [0.2, 0.25) is 5.91 Å². The van der Waals surface area contributed by atoms with Gasteiger partial charge in [-0.2, -0.15) is 11.8 Å². The van der Waals surface area contributed by atoms with Gasteiger partial charge in [0.05, 0.1) is 105 Å². The minimum atomic E-state index is -0.515. The second-order valence-electron chi connectivity index (χ2n) is 11.9. The Kier molecular flexibility index (Phi) is 22.8. The summed E-state index contributed by atoms with van der Waals surface area (Å²) in [5, 5.41) is 11.9. The number of amides is 4. The molecule has 0 saturated carbocycles. The second kappa shape index (κ2) is 26.0. The van der Waals surface area contributed by atoms with Crippen molar-refractivity contribution in [2.24, 2.45) is 0 Å². The van der Waals surface area contributed by atoms with E-state index >= 15 is 0 Å². The number of thioether (sulfide) groups is 1. The van der Waals surface area contributed by atoms with E-state index in [0.717, 1.165) is 25.0 Å². The number of carbonyl (C=O) groups excluding carboxylic acids is 3. The van der Waals surface area contributed by atoms with E-state index in [1.165, 1.54) is 0 Å². The fraction of sp³-hybridized carbons (Fsp3) is 0.903. The molecule has 0 aromatic carbocycles. The lowest BCUT2D eigenvalue weighted by atomic mass is 10.0. The second-order valence-corrected chi connectivity index (χ2v) is 13.2. The van der Waals surface area contributed by atoms with Crippen molar-refractivity contribution in [3.8, 4) is 0 Å². The molecule has 2 heterocycles. The highest BCUT2D eigenvalue weighted by Gasteiger charge is 2.42.